The molecule has 3 N–H and O–H groups in total. The summed E-state index contributed by atoms with van der Waals surface area (Å²) in [6.07, 6.45) is 3.14. The first-order valence-electron chi connectivity index (χ1n) is 12.6. The van der Waals surface area contributed by atoms with Crippen molar-refractivity contribution in [1.82, 2.24) is 10.6 Å². The van der Waals surface area contributed by atoms with E-state index in [4.69, 9.17) is 9.84 Å². The molecule has 0 saturated carbocycles. The van der Waals surface area contributed by atoms with E-state index in [1.54, 1.807) is 0 Å². The van der Waals surface area contributed by atoms with Crippen LogP contribution in [0.4, 0.5) is 4.79 Å². The fourth-order valence-corrected chi connectivity index (χ4v) is 4.67. The molecule has 2 aromatic carbocycles. The molecule has 2 aromatic rings. The molecule has 2 amide bonds. The van der Waals surface area contributed by atoms with Gasteiger partial charge in [-0.25, -0.2) is 4.79 Å². The Balaban J connectivity index is 1.57. The van der Waals surface area contributed by atoms with Crippen molar-refractivity contribution >= 4 is 18.0 Å². The number of amides is 2. The van der Waals surface area contributed by atoms with Gasteiger partial charge in [0.1, 0.15) is 6.61 Å². The number of alkyl carbamates (subject to hydrolysis) is 1. The molecule has 0 aliphatic heterocycles. The molecule has 35 heavy (non-hydrogen) atoms. The Kier molecular flexibility index (Phi) is 9.70. The molecule has 188 valence electrons. The van der Waals surface area contributed by atoms with Gasteiger partial charge in [0.05, 0.1) is 0 Å². The third kappa shape index (κ3) is 7.31. The van der Waals surface area contributed by atoms with Crippen LogP contribution in [0.2, 0.25) is 0 Å². The summed E-state index contributed by atoms with van der Waals surface area (Å²) in [4.78, 5) is 36.1. The number of carboxylic acids is 1. The van der Waals surface area contributed by atoms with Crippen molar-refractivity contribution < 1.29 is 24.2 Å². The highest BCUT2D eigenvalue weighted by Gasteiger charge is 2.29. The number of hydrogen-bond donors (Lipinski definition) is 3. The van der Waals surface area contributed by atoms with E-state index in [9.17, 15) is 14.4 Å². The maximum absolute atomic E-state index is 12.7. The number of unbranched alkanes of at least 4 members (excludes halogenated alkanes) is 1. The maximum atomic E-state index is 12.7. The lowest BCUT2D eigenvalue weighted by atomic mass is 9.98. The minimum atomic E-state index is -0.879. The Morgan fingerprint density at radius 3 is 2.11 bits per heavy atom. The van der Waals surface area contributed by atoms with Gasteiger partial charge in [0.25, 0.3) is 0 Å². The fourth-order valence-electron chi connectivity index (χ4n) is 4.67. The lowest BCUT2D eigenvalue weighted by Gasteiger charge is -2.21. The Hall–Kier alpha value is -3.35. The number of fused-ring (bicyclic) bond motifs is 3. The number of nitrogens with one attached hydrogen (secondary N) is 2. The number of hydrogen-bond acceptors (Lipinski definition) is 4. The molecule has 0 aromatic heterocycles. The van der Waals surface area contributed by atoms with Gasteiger partial charge in [-0.2, -0.15) is 0 Å². The van der Waals surface area contributed by atoms with Gasteiger partial charge in [-0.1, -0.05) is 75.2 Å². The van der Waals surface area contributed by atoms with Gasteiger partial charge in [0, 0.05) is 30.8 Å². The van der Waals surface area contributed by atoms with Gasteiger partial charge in [0.2, 0.25) is 5.91 Å². The van der Waals surface area contributed by atoms with Crippen molar-refractivity contribution in [3.8, 4) is 11.1 Å². The van der Waals surface area contributed by atoms with Crippen LogP contribution in [0.15, 0.2) is 48.5 Å². The van der Waals surface area contributed by atoms with Crippen molar-refractivity contribution in [2.75, 3.05) is 6.61 Å². The highest BCUT2D eigenvalue weighted by Crippen LogP contribution is 2.44. The van der Waals surface area contributed by atoms with Gasteiger partial charge < -0.3 is 20.5 Å². The van der Waals surface area contributed by atoms with Crippen LogP contribution in [0.5, 0.6) is 0 Å². The third-order valence-electron chi connectivity index (χ3n) is 6.57. The van der Waals surface area contributed by atoms with E-state index >= 15 is 0 Å². The molecule has 0 fully saturated rings. The monoisotopic (exact) mass is 480 g/mol. The molecule has 2 unspecified atom stereocenters. The largest absolute Gasteiger partial charge is 0.481 e. The second-order valence-electron chi connectivity index (χ2n) is 9.12. The second kappa shape index (κ2) is 12.9. The summed E-state index contributed by atoms with van der Waals surface area (Å²) in [5.74, 6) is -1.09. The molecule has 0 radical (unpaired) electrons. The molecular weight excluding hydrogens is 444 g/mol. The Morgan fingerprint density at radius 2 is 1.54 bits per heavy atom. The molecule has 3 rings (SSSR count). The van der Waals surface area contributed by atoms with Crippen LogP contribution < -0.4 is 10.6 Å². The van der Waals surface area contributed by atoms with Crippen molar-refractivity contribution in [3.63, 3.8) is 0 Å². The summed E-state index contributed by atoms with van der Waals surface area (Å²) in [7, 11) is 0. The zero-order valence-corrected chi connectivity index (χ0v) is 20.6. The van der Waals surface area contributed by atoms with E-state index in [0.717, 1.165) is 24.0 Å². The summed E-state index contributed by atoms with van der Waals surface area (Å²) in [5, 5.41) is 14.7. The first kappa shape index (κ1) is 26.3. The Labute approximate surface area is 207 Å². The number of carbonyl (C=O) groups excluding carboxylic acids is 2. The second-order valence-corrected chi connectivity index (χ2v) is 9.12. The zero-order chi connectivity index (χ0) is 25.2. The number of benzene rings is 2. The number of carbonyl (C=O) groups is 3. The van der Waals surface area contributed by atoms with Crippen molar-refractivity contribution in [3.05, 3.63) is 59.7 Å². The van der Waals surface area contributed by atoms with Crippen LogP contribution in [0.1, 0.15) is 75.8 Å². The van der Waals surface area contributed by atoms with Crippen LogP contribution in [0.3, 0.4) is 0 Å². The number of carboxylic acid groups (broad SMARTS) is 1. The minimum absolute atomic E-state index is 0.00997. The SMILES string of the molecule is CCCCC(CC(=O)NC(CC)CCC(=O)O)NC(=O)OCC1c2ccccc2-c2ccccc21. The average molecular weight is 481 g/mol. The average Bonchev–Trinajstić information content (AvgIpc) is 3.17. The summed E-state index contributed by atoms with van der Waals surface area (Å²) >= 11 is 0. The molecule has 0 bridgehead atoms. The van der Waals surface area contributed by atoms with Crippen LogP contribution in [-0.4, -0.2) is 41.8 Å². The molecule has 0 saturated heterocycles. The van der Waals surface area contributed by atoms with E-state index in [1.807, 2.05) is 31.2 Å². The van der Waals surface area contributed by atoms with Gasteiger partial charge in [-0.15, -0.1) is 0 Å². The van der Waals surface area contributed by atoms with E-state index in [-0.39, 0.29) is 43.4 Å². The molecule has 0 spiro atoms. The Bertz CT molecular complexity index is 976. The predicted molar refractivity (Wildman–Crippen MR) is 135 cm³/mol. The molecule has 7 heteroatoms. The predicted octanol–water partition coefficient (Wildman–Crippen LogP) is 5.23. The summed E-state index contributed by atoms with van der Waals surface area (Å²) < 4.78 is 5.65. The van der Waals surface area contributed by atoms with Crippen LogP contribution in [0, 0.1) is 0 Å². The number of rotatable bonds is 13. The normalized spacial score (nSPS) is 13.9. The highest BCUT2D eigenvalue weighted by molar-refractivity contribution is 5.79. The maximum Gasteiger partial charge on any atom is 0.407 e. The lowest BCUT2D eigenvalue weighted by molar-refractivity contribution is -0.137. The van der Waals surface area contributed by atoms with E-state index in [1.165, 1.54) is 11.1 Å². The van der Waals surface area contributed by atoms with Crippen LogP contribution in [-0.2, 0) is 14.3 Å². The van der Waals surface area contributed by atoms with Crippen molar-refractivity contribution in [2.24, 2.45) is 0 Å². The molecule has 1 aliphatic carbocycles. The molecule has 7 nitrogen and oxygen atoms in total. The van der Waals surface area contributed by atoms with E-state index in [0.29, 0.717) is 19.3 Å². The lowest BCUT2D eigenvalue weighted by Crippen LogP contribution is -2.42. The Morgan fingerprint density at radius 1 is 0.914 bits per heavy atom. The fraction of sp³-hybridized carbons (Fsp3) is 0.464. The molecule has 1 aliphatic rings. The summed E-state index contributed by atoms with van der Waals surface area (Å²) in [6.45, 7) is 4.19. The molecule has 2 atom stereocenters. The van der Waals surface area contributed by atoms with Crippen molar-refractivity contribution in [2.45, 2.75) is 76.8 Å². The zero-order valence-electron chi connectivity index (χ0n) is 20.6. The van der Waals surface area contributed by atoms with Gasteiger partial charge in [-0.3, -0.25) is 9.59 Å². The number of aliphatic carboxylic acids is 1. The van der Waals surface area contributed by atoms with Crippen LogP contribution in [0.25, 0.3) is 11.1 Å². The van der Waals surface area contributed by atoms with E-state index in [2.05, 4.69) is 41.8 Å². The summed E-state index contributed by atoms with van der Waals surface area (Å²) in [6, 6.07) is 15.8. The third-order valence-corrected chi connectivity index (χ3v) is 6.57. The molecule has 0 heterocycles. The minimum Gasteiger partial charge on any atom is -0.481 e. The quantitative estimate of drug-likeness (QED) is 0.364. The smallest absolute Gasteiger partial charge is 0.407 e. The standard InChI is InChI=1S/C28H36N2O5/c1-3-5-10-20(17-26(31)29-19(4-2)15-16-27(32)33)30-28(34)35-18-25-23-13-8-6-11-21(23)22-12-7-9-14-24(22)25/h6-9,11-14,19-20,25H,3-5,10,15-18H2,1-2H3,(H,29,31)(H,30,34)(H,32,33). The first-order valence-corrected chi connectivity index (χ1v) is 12.6. The first-order chi connectivity index (χ1) is 16.9. The topological polar surface area (TPSA) is 105 Å². The molecular formula is C28H36N2O5. The van der Waals surface area contributed by atoms with Gasteiger partial charge >= 0.3 is 12.1 Å². The van der Waals surface area contributed by atoms with Crippen LogP contribution >= 0.6 is 0 Å². The summed E-state index contributed by atoms with van der Waals surface area (Å²) in [5.41, 5.74) is 4.64. The van der Waals surface area contributed by atoms with Gasteiger partial charge in [-0.05, 0) is 41.5 Å². The van der Waals surface area contributed by atoms with E-state index < -0.39 is 12.1 Å². The van der Waals surface area contributed by atoms with Gasteiger partial charge in [0.15, 0.2) is 0 Å². The van der Waals surface area contributed by atoms with Crippen molar-refractivity contribution in [1.29, 1.82) is 0 Å². The number of ether oxygens (including phenoxy) is 1. The highest BCUT2D eigenvalue weighted by atomic mass is 16.5.